The van der Waals surface area contributed by atoms with Crippen LogP contribution in [0.3, 0.4) is 0 Å². The van der Waals surface area contributed by atoms with Gasteiger partial charge in [0.25, 0.3) is 0 Å². The lowest BCUT2D eigenvalue weighted by Gasteiger charge is -2.38. The summed E-state index contributed by atoms with van der Waals surface area (Å²) >= 11 is 6.03. The number of rotatable bonds is 12. The Balaban J connectivity index is 2.00. The molecule has 9 nitrogen and oxygen atoms in total. The van der Waals surface area contributed by atoms with Crippen molar-refractivity contribution in [2.75, 3.05) is 32.2 Å². The number of anilines is 1. The van der Waals surface area contributed by atoms with E-state index in [1.165, 1.54) is 7.11 Å². The molecule has 1 aliphatic rings. The molecule has 0 amide bonds. The zero-order chi connectivity index (χ0) is 30.2. The van der Waals surface area contributed by atoms with Gasteiger partial charge in [-0.05, 0) is 38.1 Å². The molecule has 2 aromatic rings. The van der Waals surface area contributed by atoms with Crippen molar-refractivity contribution >= 4 is 29.0 Å². The maximum absolute atomic E-state index is 13.9. The molecule has 3 rings (SSSR count). The van der Waals surface area contributed by atoms with E-state index in [0.717, 1.165) is 29.8 Å². The number of esters is 1. The van der Waals surface area contributed by atoms with Crippen LogP contribution >= 0.6 is 11.6 Å². The second-order valence-corrected chi connectivity index (χ2v) is 9.51. The first-order valence-corrected chi connectivity index (χ1v) is 13.2. The lowest BCUT2D eigenvalue weighted by molar-refractivity contribution is -0.270. The predicted octanol–water partition coefficient (Wildman–Crippen LogP) is 5.10. The highest BCUT2D eigenvalue weighted by Gasteiger charge is 2.38. The molecule has 0 spiro atoms. The number of nitrogens with one attached hydrogen (secondary N) is 2. The third kappa shape index (κ3) is 8.74. The van der Waals surface area contributed by atoms with Crippen molar-refractivity contribution < 1.29 is 41.7 Å². The minimum atomic E-state index is -4.75. The van der Waals surface area contributed by atoms with E-state index in [0.29, 0.717) is 0 Å². The molecule has 0 radical (unpaired) electrons. The van der Waals surface area contributed by atoms with Crippen molar-refractivity contribution in [2.45, 2.75) is 50.7 Å². The van der Waals surface area contributed by atoms with E-state index in [-0.39, 0.29) is 30.5 Å². The van der Waals surface area contributed by atoms with Crippen molar-refractivity contribution in [3.05, 3.63) is 76.5 Å². The molecule has 0 saturated carbocycles. The van der Waals surface area contributed by atoms with Crippen LogP contribution in [-0.2, 0) is 34.7 Å². The number of halogens is 4. The molecule has 1 saturated heterocycles. The summed E-state index contributed by atoms with van der Waals surface area (Å²) in [6, 6.07) is 12.3. The Morgan fingerprint density at radius 2 is 1.98 bits per heavy atom. The molecule has 1 heterocycles. The second kappa shape index (κ2) is 14.8. The van der Waals surface area contributed by atoms with Gasteiger partial charge in [0, 0.05) is 29.9 Å². The van der Waals surface area contributed by atoms with Gasteiger partial charge in [-0.3, -0.25) is 5.41 Å². The van der Waals surface area contributed by atoms with Gasteiger partial charge in [-0.15, -0.1) is 0 Å². The molecule has 13 heteroatoms. The van der Waals surface area contributed by atoms with Gasteiger partial charge >= 0.3 is 12.1 Å². The molecular formula is C28H33ClF3N3O6. The highest BCUT2D eigenvalue weighted by atomic mass is 35.5. The molecule has 0 bridgehead atoms. The minimum absolute atomic E-state index is 0.00932. The summed E-state index contributed by atoms with van der Waals surface area (Å²) in [6.45, 7) is 3.26. The molecule has 2 aromatic carbocycles. The molecule has 224 valence electrons. The molecule has 1 fully saturated rings. The van der Waals surface area contributed by atoms with E-state index in [1.807, 2.05) is 30.3 Å². The third-order valence-corrected chi connectivity index (χ3v) is 6.44. The molecule has 5 unspecified atom stereocenters. The second-order valence-electron chi connectivity index (χ2n) is 9.07. The van der Waals surface area contributed by atoms with Gasteiger partial charge in [0.15, 0.2) is 6.29 Å². The number of carbonyl (C=O) groups excluding carboxylic acids is 1. The van der Waals surface area contributed by atoms with Crippen molar-refractivity contribution in [2.24, 2.45) is 5.73 Å². The number of alkyl halides is 3. The van der Waals surface area contributed by atoms with Crippen LogP contribution in [0.15, 0.2) is 60.3 Å². The molecule has 4 N–H and O–H groups in total. The van der Waals surface area contributed by atoms with Gasteiger partial charge in [-0.25, -0.2) is 4.79 Å². The Kier molecular flexibility index (Phi) is 11.7. The maximum Gasteiger partial charge on any atom is 0.418 e. The maximum atomic E-state index is 13.9. The Morgan fingerprint density at radius 1 is 1.27 bits per heavy atom. The van der Waals surface area contributed by atoms with E-state index in [9.17, 15) is 18.0 Å². The first-order valence-electron chi connectivity index (χ1n) is 12.8. The smallest absolute Gasteiger partial charge is 0.418 e. The number of benzene rings is 2. The van der Waals surface area contributed by atoms with E-state index in [1.54, 1.807) is 13.8 Å². The zero-order valence-corrected chi connectivity index (χ0v) is 23.5. The average Bonchev–Trinajstić information content (AvgIpc) is 2.93. The van der Waals surface area contributed by atoms with Crippen molar-refractivity contribution in [3.63, 3.8) is 0 Å². The number of carbonyl (C=O) groups is 1. The summed E-state index contributed by atoms with van der Waals surface area (Å²) in [4.78, 5) is 12.3. The fourth-order valence-electron chi connectivity index (χ4n) is 4.10. The van der Waals surface area contributed by atoms with Gasteiger partial charge in [0.1, 0.15) is 24.0 Å². The van der Waals surface area contributed by atoms with Crippen LogP contribution in [0.5, 0.6) is 0 Å². The number of hydrogen-bond donors (Lipinski definition) is 3. The molecule has 0 aliphatic carbocycles. The average molecular weight is 600 g/mol. The predicted molar refractivity (Wildman–Crippen MR) is 147 cm³/mol. The molecular weight excluding hydrogens is 567 g/mol. The Morgan fingerprint density at radius 3 is 2.56 bits per heavy atom. The summed E-state index contributed by atoms with van der Waals surface area (Å²) in [5, 5.41) is 10.9. The number of methoxy groups -OCH3 is 1. The van der Waals surface area contributed by atoms with E-state index in [2.05, 4.69) is 5.32 Å². The van der Waals surface area contributed by atoms with E-state index >= 15 is 0 Å². The summed E-state index contributed by atoms with van der Waals surface area (Å²) in [6.07, 6.45) is -7.76. The molecule has 41 heavy (non-hydrogen) atoms. The first kappa shape index (κ1) is 32.5. The van der Waals surface area contributed by atoms with Crippen LogP contribution in [0, 0.1) is 5.41 Å². The minimum Gasteiger partial charge on any atom is -0.461 e. The van der Waals surface area contributed by atoms with Gasteiger partial charge in [-0.2, -0.15) is 13.2 Å². The number of ether oxygens (including phenoxy) is 5. The van der Waals surface area contributed by atoms with Crippen molar-refractivity contribution in [1.29, 1.82) is 5.41 Å². The Bertz CT molecular complexity index is 1210. The monoisotopic (exact) mass is 599 g/mol. The zero-order valence-electron chi connectivity index (χ0n) is 22.7. The highest BCUT2D eigenvalue weighted by molar-refractivity contribution is 6.40. The third-order valence-electron chi connectivity index (χ3n) is 6.21. The Labute approximate surface area is 241 Å². The fourth-order valence-corrected chi connectivity index (χ4v) is 4.27. The van der Waals surface area contributed by atoms with Gasteiger partial charge in [-0.1, -0.05) is 41.9 Å². The summed E-state index contributed by atoms with van der Waals surface area (Å²) < 4.78 is 70.3. The normalized spacial score (nSPS) is 21.2. The number of nitrogens with two attached hydrogens (primary N) is 1. The largest absolute Gasteiger partial charge is 0.461 e. The van der Waals surface area contributed by atoms with Crippen molar-refractivity contribution in [1.82, 2.24) is 0 Å². The lowest BCUT2D eigenvalue weighted by Crippen LogP contribution is -2.48. The van der Waals surface area contributed by atoms with Crippen LogP contribution < -0.4 is 11.1 Å². The van der Waals surface area contributed by atoms with Gasteiger partial charge in [0.2, 0.25) is 0 Å². The van der Waals surface area contributed by atoms with E-state index < -0.39 is 59.8 Å². The van der Waals surface area contributed by atoms with Crippen LogP contribution in [0.2, 0.25) is 5.02 Å². The Hall–Kier alpha value is -3.00. The SMILES string of the molecule is CCOC(=O)C(=N)/C=C(\Nc1cc(Cl)ccc1C(F)(F)F)C(OC1COC(c2ccccc2)OC1C)C(CN)OC. The topological polar surface area (TPSA) is 125 Å². The van der Waals surface area contributed by atoms with Crippen LogP contribution in [0.1, 0.15) is 31.3 Å². The lowest BCUT2D eigenvalue weighted by atomic mass is 10.1. The van der Waals surface area contributed by atoms with Gasteiger partial charge in [0.05, 0.1) is 30.6 Å². The molecule has 5 atom stereocenters. The van der Waals surface area contributed by atoms with Crippen LogP contribution in [0.4, 0.5) is 18.9 Å². The van der Waals surface area contributed by atoms with Gasteiger partial charge < -0.3 is 34.7 Å². The molecule has 0 aromatic heterocycles. The summed E-state index contributed by atoms with van der Waals surface area (Å²) in [5.41, 5.74) is 4.53. The van der Waals surface area contributed by atoms with E-state index in [4.69, 9.17) is 46.4 Å². The number of hydrogen-bond acceptors (Lipinski definition) is 9. The molecule has 1 aliphatic heterocycles. The quantitative estimate of drug-likeness (QED) is 0.227. The summed E-state index contributed by atoms with van der Waals surface area (Å²) in [5.74, 6) is -0.988. The fraction of sp³-hybridized carbons (Fsp3) is 0.429. The standard InChI is InChI=1S/C28H33ClF3N3O6/c1-4-38-26(36)20(34)13-22(35-21-12-18(29)10-11-19(21)28(30,31)32)25(23(14-33)37-3)41-24-15-39-27(40-16(24)2)17-8-6-5-7-9-17/h5-13,16,23-25,27,34-35H,4,14-15,33H2,1-3H3/b22-13-,34-20?. The van der Waals surface area contributed by atoms with Crippen molar-refractivity contribution in [3.8, 4) is 0 Å². The highest BCUT2D eigenvalue weighted by Crippen LogP contribution is 2.38. The van der Waals surface area contributed by atoms with Crippen LogP contribution in [0.25, 0.3) is 0 Å². The first-order chi connectivity index (χ1) is 19.5. The van der Waals surface area contributed by atoms with Crippen LogP contribution in [-0.4, -0.2) is 63.0 Å². The summed E-state index contributed by atoms with van der Waals surface area (Å²) in [7, 11) is 1.35.